The molecule has 0 aromatic heterocycles. The van der Waals surface area contributed by atoms with Crippen molar-refractivity contribution in [3.8, 4) is 0 Å². The lowest BCUT2D eigenvalue weighted by Gasteiger charge is -2.33. The minimum Gasteiger partial charge on any atom is -0.396 e. The zero-order valence-electron chi connectivity index (χ0n) is 11.1. The van der Waals surface area contributed by atoms with Crippen molar-refractivity contribution in [2.45, 2.75) is 37.6 Å². The molecular formula is C12H19FN2O2S. The van der Waals surface area contributed by atoms with Crippen molar-refractivity contribution >= 4 is 15.7 Å². The lowest BCUT2D eigenvalue weighted by molar-refractivity contribution is 0.257. The van der Waals surface area contributed by atoms with Crippen LogP contribution < -0.4 is 5.73 Å². The maximum absolute atomic E-state index is 13.1. The molecule has 0 bridgehead atoms. The summed E-state index contributed by atoms with van der Waals surface area (Å²) in [5.74, 6) is -0.619. The molecule has 0 saturated heterocycles. The van der Waals surface area contributed by atoms with E-state index in [0.29, 0.717) is 6.42 Å². The largest absolute Gasteiger partial charge is 0.396 e. The molecule has 102 valence electrons. The fourth-order valence-electron chi connectivity index (χ4n) is 1.39. The zero-order chi connectivity index (χ0) is 14.1. The molecule has 1 rings (SSSR count). The Morgan fingerprint density at radius 1 is 1.39 bits per heavy atom. The molecule has 0 fully saturated rings. The number of nitrogens with zero attached hydrogens (tertiary/aromatic N) is 1. The lowest BCUT2D eigenvalue weighted by atomic mass is 10.0. The number of hydrogen-bond acceptors (Lipinski definition) is 3. The Morgan fingerprint density at radius 2 is 1.94 bits per heavy atom. The van der Waals surface area contributed by atoms with Crippen LogP contribution in [0.25, 0.3) is 0 Å². The quantitative estimate of drug-likeness (QED) is 0.856. The summed E-state index contributed by atoms with van der Waals surface area (Å²) >= 11 is 0. The van der Waals surface area contributed by atoms with E-state index in [9.17, 15) is 12.8 Å². The molecule has 0 aliphatic carbocycles. The molecule has 6 heteroatoms. The van der Waals surface area contributed by atoms with Crippen LogP contribution in [0.3, 0.4) is 0 Å². The van der Waals surface area contributed by atoms with Gasteiger partial charge in [0, 0.05) is 12.6 Å². The minimum absolute atomic E-state index is 0.00502. The first-order valence-corrected chi connectivity index (χ1v) is 7.11. The zero-order valence-corrected chi connectivity index (χ0v) is 11.9. The van der Waals surface area contributed by atoms with Crippen molar-refractivity contribution < 1.29 is 12.8 Å². The number of benzene rings is 1. The molecule has 0 aliphatic heterocycles. The van der Waals surface area contributed by atoms with Crippen molar-refractivity contribution in [1.29, 1.82) is 0 Å². The number of anilines is 1. The van der Waals surface area contributed by atoms with Crippen LogP contribution in [0, 0.1) is 5.82 Å². The molecule has 1 aromatic carbocycles. The van der Waals surface area contributed by atoms with Gasteiger partial charge in [-0.25, -0.2) is 12.8 Å². The van der Waals surface area contributed by atoms with Gasteiger partial charge in [0.05, 0.1) is 10.6 Å². The van der Waals surface area contributed by atoms with Crippen LogP contribution in [-0.4, -0.2) is 25.3 Å². The first-order chi connectivity index (χ1) is 8.13. The molecule has 0 heterocycles. The third-order valence-electron chi connectivity index (χ3n) is 3.34. The summed E-state index contributed by atoms with van der Waals surface area (Å²) in [6.07, 6.45) is 0.666. The second-order valence-electron chi connectivity index (χ2n) is 4.82. The minimum atomic E-state index is -3.66. The van der Waals surface area contributed by atoms with E-state index in [1.807, 2.05) is 20.8 Å². The second kappa shape index (κ2) is 4.85. The second-order valence-corrected chi connectivity index (χ2v) is 6.79. The van der Waals surface area contributed by atoms with Gasteiger partial charge in [0.1, 0.15) is 5.82 Å². The predicted molar refractivity (Wildman–Crippen MR) is 70.1 cm³/mol. The van der Waals surface area contributed by atoms with Gasteiger partial charge in [-0.2, -0.15) is 4.31 Å². The Morgan fingerprint density at radius 3 is 2.39 bits per heavy atom. The normalized spacial score (nSPS) is 13.0. The van der Waals surface area contributed by atoms with Gasteiger partial charge in [-0.15, -0.1) is 0 Å². The topological polar surface area (TPSA) is 63.4 Å². The summed E-state index contributed by atoms with van der Waals surface area (Å²) in [4.78, 5) is 0.00502. The maximum atomic E-state index is 13.1. The van der Waals surface area contributed by atoms with Crippen molar-refractivity contribution in [2.75, 3.05) is 12.8 Å². The van der Waals surface area contributed by atoms with Crippen molar-refractivity contribution in [3.05, 3.63) is 24.0 Å². The fourth-order valence-corrected chi connectivity index (χ4v) is 3.00. The predicted octanol–water partition coefficient (Wildman–Crippen LogP) is 2.22. The van der Waals surface area contributed by atoms with E-state index in [1.165, 1.54) is 17.4 Å². The Kier molecular flexibility index (Phi) is 4.02. The fraction of sp³-hybridized carbons (Fsp3) is 0.500. The first-order valence-electron chi connectivity index (χ1n) is 5.67. The van der Waals surface area contributed by atoms with Crippen LogP contribution in [0.5, 0.6) is 0 Å². The van der Waals surface area contributed by atoms with E-state index < -0.39 is 21.4 Å². The van der Waals surface area contributed by atoms with Gasteiger partial charge < -0.3 is 5.73 Å². The monoisotopic (exact) mass is 274 g/mol. The van der Waals surface area contributed by atoms with E-state index in [2.05, 4.69) is 0 Å². The average Bonchev–Trinajstić information content (AvgIpc) is 2.31. The molecule has 4 nitrogen and oxygen atoms in total. The highest BCUT2D eigenvalue weighted by Gasteiger charge is 2.32. The van der Waals surface area contributed by atoms with Gasteiger partial charge in [-0.1, -0.05) is 6.92 Å². The maximum Gasteiger partial charge on any atom is 0.243 e. The number of rotatable bonds is 4. The highest BCUT2D eigenvalue weighted by molar-refractivity contribution is 7.89. The molecule has 0 spiro atoms. The molecule has 0 saturated carbocycles. The first kappa shape index (κ1) is 14.9. The lowest BCUT2D eigenvalue weighted by Crippen LogP contribution is -2.44. The van der Waals surface area contributed by atoms with Crippen molar-refractivity contribution in [1.82, 2.24) is 4.31 Å². The van der Waals surface area contributed by atoms with Gasteiger partial charge in [0.2, 0.25) is 10.0 Å². The molecule has 0 aliphatic rings. The van der Waals surface area contributed by atoms with E-state index in [-0.39, 0.29) is 10.6 Å². The summed E-state index contributed by atoms with van der Waals surface area (Å²) in [6, 6.07) is 3.44. The van der Waals surface area contributed by atoms with E-state index in [1.54, 1.807) is 0 Å². The summed E-state index contributed by atoms with van der Waals surface area (Å²) in [7, 11) is -2.15. The number of halogens is 1. The molecule has 2 N–H and O–H groups in total. The highest BCUT2D eigenvalue weighted by atomic mass is 32.2. The third kappa shape index (κ3) is 2.64. The van der Waals surface area contributed by atoms with Crippen LogP contribution in [0.1, 0.15) is 27.2 Å². The summed E-state index contributed by atoms with van der Waals surface area (Å²) in [5, 5.41) is 0. The van der Waals surface area contributed by atoms with Gasteiger partial charge >= 0.3 is 0 Å². The van der Waals surface area contributed by atoms with Crippen LogP contribution >= 0.6 is 0 Å². The van der Waals surface area contributed by atoms with Gasteiger partial charge in [0.15, 0.2) is 0 Å². The van der Waals surface area contributed by atoms with E-state index in [0.717, 1.165) is 12.1 Å². The number of nitrogens with two attached hydrogens (primary N) is 1. The number of nitrogen functional groups attached to an aromatic ring is 1. The molecule has 18 heavy (non-hydrogen) atoms. The Bertz CT molecular complexity index is 541. The van der Waals surface area contributed by atoms with Crippen LogP contribution in [0.2, 0.25) is 0 Å². The van der Waals surface area contributed by atoms with Crippen LogP contribution in [0.15, 0.2) is 23.1 Å². The molecular weight excluding hydrogens is 255 g/mol. The third-order valence-corrected chi connectivity index (χ3v) is 5.41. The van der Waals surface area contributed by atoms with Gasteiger partial charge in [-0.3, -0.25) is 0 Å². The summed E-state index contributed by atoms with van der Waals surface area (Å²) < 4.78 is 39.0. The molecule has 0 atom stereocenters. The number of hydrogen-bond donors (Lipinski definition) is 1. The smallest absolute Gasteiger partial charge is 0.243 e. The van der Waals surface area contributed by atoms with Crippen molar-refractivity contribution in [3.63, 3.8) is 0 Å². The molecule has 0 unspecified atom stereocenters. The Hall–Kier alpha value is -1.14. The van der Waals surface area contributed by atoms with Crippen LogP contribution in [-0.2, 0) is 10.0 Å². The van der Waals surface area contributed by atoms with Crippen molar-refractivity contribution in [2.24, 2.45) is 0 Å². The van der Waals surface area contributed by atoms with Gasteiger partial charge in [-0.05, 0) is 38.5 Å². The average molecular weight is 274 g/mol. The van der Waals surface area contributed by atoms with Gasteiger partial charge in [0.25, 0.3) is 0 Å². The molecule has 0 radical (unpaired) electrons. The molecule has 1 aromatic rings. The standard InChI is InChI=1S/C12H19FN2O2S/c1-5-12(2,3)15(4)18(16,17)9-6-7-10(13)11(14)8-9/h6-8H,5,14H2,1-4H3. The summed E-state index contributed by atoms with van der Waals surface area (Å²) in [5.41, 5.74) is 4.72. The SMILES string of the molecule is CCC(C)(C)N(C)S(=O)(=O)c1ccc(F)c(N)c1. The van der Waals surface area contributed by atoms with Crippen LogP contribution in [0.4, 0.5) is 10.1 Å². The Labute approximate surface area is 108 Å². The number of sulfonamides is 1. The Balaban J connectivity index is 3.26. The molecule has 0 amide bonds. The highest BCUT2D eigenvalue weighted by Crippen LogP contribution is 2.26. The van der Waals surface area contributed by atoms with E-state index >= 15 is 0 Å². The van der Waals surface area contributed by atoms with E-state index in [4.69, 9.17) is 5.73 Å². The summed E-state index contributed by atoms with van der Waals surface area (Å²) in [6.45, 7) is 5.57.